The molecule has 0 bridgehead atoms. The molecular formula is C16H21N. The van der Waals surface area contributed by atoms with E-state index < -0.39 is 0 Å². The topological polar surface area (TPSA) is 3.24 Å². The van der Waals surface area contributed by atoms with Gasteiger partial charge in [0.1, 0.15) is 0 Å². The molecule has 1 saturated heterocycles. The van der Waals surface area contributed by atoms with Gasteiger partial charge in [-0.25, -0.2) is 0 Å². The first-order chi connectivity index (χ1) is 8.42. The van der Waals surface area contributed by atoms with E-state index in [0.29, 0.717) is 0 Å². The van der Waals surface area contributed by atoms with Gasteiger partial charge in [-0.2, -0.15) is 0 Å². The second-order valence-corrected chi connectivity index (χ2v) is 4.52. The van der Waals surface area contributed by atoms with Crippen LogP contribution in [0.1, 0.15) is 31.2 Å². The Labute approximate surface area is 104 Å². The molecule has 0 radical (unpaired) electrons. The largest absolute Gasteiger partial charge is 0.371 e. The molecule has 1 heteroatoms. The number of hydrogen-bond acceptors (Lipinski definition) is 1. The van der Waals surface area contributed by atoms with Crippen molar-refractivity contribution in [3.05, 3.63) is 54.6 Å². The molecule has 0 aliphatic carbocycles. The normalized spacial score (nSPS) is 16.2. The van der Waals surface area contributed by atoms with Gasteiger partial charge in [0.2, 0.25) is 0 Å². The third kappa shape index (κ3) is 3.23. The van der Waals surface area contributed by atoms with Crippen LogP contribution in [-0.2, 0) is 0 Å². The molecule has 1 aliphatic heterocycles. The van der Waals surface area contributed by atoms with Gasteiger partial charge in [0.15, 0.2) is 0 Å². The van der Waals surface area contributed by atoms with E-state index in [1.807, 2.05) is 6.08 Å². The Morgan fingerprint density at radius 2 is 1.82 bits per heavy atom. The van der Waals surface area contributed by atoms with Gasteiger partial charge in [-0.15, -0.1) is 6.58 Å². The summed E-state index contributed by atoms with van der Waals surface area (Å²) in [7, 11) is 0. The fraction of sp³-hybridized carbons (Fsp3) is 0.375. The van der Waals surface area contributed by atoms with Gasteiger partial charge in [0.25, 0.3) is 0 Å². The number of likely N-dealkylation sites (tertiary alicyclic amines) is 1. The second kappa shape index (κ2) is 6.29. The molecule has 2 rings (SSSR count). The molecule has 17 heavy (non-hydrogen) atoms. The first-order valence-corrected chi connectivity index (χ1v) is 6.53. The van der Waals surface area contributed by atoms with Gasteiger partial charge >= 0.3 is 0 Å². The van der Waals surface area contributed by atoms with Gasteiger partial charge < -0.3 is 4.90 Å². The minimum atomic E-state index is 1.06. The molecule has 0 spiro atoms. The summed E-state index contributed by atoms with van der Waals surface area (Å²) in [6.07, 6.45) is 9.15. The summed E-state index contributed by atoms with van der Waals surface area (Å²) < 4.78 is 0. The van der Waals surface area contributed by atoms with Crippen molar-refractivity contribution >= 4 is 5.70 Å². The number of rotatable bonds is 5. The summed E-state index contributed by atoms with van der Waals surface area (Å²) in [5.41, 5.74) is 2.75. The molecular weight excluding hydrogens is 206 g/mol. The number of hydrogen-bond donors (Lipinski definition) is 0. The maximum Gasteiger partial charge on any atom is 0.0399 e. The molecule has 1 aromatic carbocycles. The number of benzene rings is 1. The highest BCUT2D eigenvalue weighted by Gasteiger charge is 2.15. The van der Waals surface area contributed by atoms with Crippen LogP contribution in [0.5, 0.6) is 0 Å². The van der Waals surface area contributed by atoms with E-state index in [2.05, 4.69) is 47.9 Å². The zero-order valence-electron chi connectivity index (χ0n) is 10.4. The zero-order valence-corrected chi connectivity index (χ0v) is 10.4. The first kappa shape index (κ1) is 12.0. The lowest BCUT2D eigenvalue weighted by Crippen LogP contribution is -2.17. The van der Waals surface area contributed by atoms with E-state index in [0.717, 1.165) is 12.8 Å². The molecule has 1 fully saturated rings. The molecule has 1 aliphatic rings. The smallest absolute Gasteiger partial charge is 0.0399 e. The molecule has 0 aromatic heterocycles. The maximum absolute atomic E-state index is 3.78. The van der Waals surface area contributed by atoms with Crippen molar-refractivity contribution in [2.75, 3.05) is 13.1 Å². The lowest BCUT2D eigenvalue weighted by Gasteiger charge is -2.22. The standard InChI is InChI=1S/C16H21N/c1-2-3-5-12-16(17-13-8-9-14-17)15-10-6-4-7-11-15/h2,4,6-7,10-12H,1,3,5,8-9,13-14H2/b16-12+. The third-order valence-electron chi connectivity index (χ3n) is 3.22. The molecule has 1 aromatic rings. The third-order valence-corrected chi connectivity index (χ3v) is 3.22. The van der Waals surface area contributed by atoms with Crippen LogP contribution in [0.25, 0.3) is 5.70 Å². The molecule has 0 amide bonds. The molecule has 0 N–H and O–H groups in total. The highest BCUT2D eigenvalue weighted by molar-refractivity contribution is 5.64. The van der Waals surface area contributed by atoms with Gasteiger partial charge in [-0.05, 0) is 31.2 Å². The Kier molecular flexibility index (Phi) is 4.43. The van der Waals surface area contributed by atoms with Gasteiger partial charge in [-0.1, -0.05) is 42.5 Å². The number of unbranched alkanes of at least 4 members (excludes halogenated alkanes) is 1. The number of nitrogens with zero attached hydrogens (tertiary/aromatic N) is 1. The van der Waals surface area contributed by atoms with Crippen molar-refractivity contribution in [1.82, 2.24) is 4.90 Å². The van der Waals surface area contributed by atoms with Crippen LogP contribution in [0.15, 0.2) is 49.1 Å². The van der Waals surface area contributed by atoms with Crippen molar-refractivity contribution in [1.29, 1.82) is 0 Å². The zero-order chi connectivity index (χ0) is 11.9. The van der Waals surface area contributed by atoms with E-state index in [-0.39, 0.29) is 0 Å². The van der Waals surface area contributed by atoms with Crippen LogP contribution in [0.2, 0.25) is 0 Å². The predicted octanol–water partition coefficient (Wildman–Crippen LogP) is 4.09. The Bertz CT molecular complexity index is 372. The van der Waals surface area contributed by atoms with Crippen molar-refractivity contribution in [3.63, 3.8) is 0 Å². The fourth-order valence-electron chi connectivity index (χ4n) is 2.33. The van der Waals surface area contributed by atoms with Crippen LogP contribution in [-0.4, -0.2) is 18.0 Å². The Morgan fingerprint density at radius 3 is 2.47 bits per heavy atom. The van der Waals surface area contributed by atoms with E-state index in [1.54, 1.807) is 0 Å². The Morgan fingerprint density at radius 1 is 1.12 bits per heavy atom. The lowest BCUT2D eigenvalue weighted by atomic mass is 10.1. The van der Waals surface area contributed by atoms with Crippen LogP contribution >= 0.6 is 0 Å². The van der Waals surface area contributed by atoms with Crippen molar-refractivity contribution in [2.24, 2.45) is 0 Å². The first-order valence-electron chi connectivity index (χ1n) is 6.53. The summed E-state index contributed by atoms with van der Waals surface area (Å²) in [6, 6.07) is 10.7. The van der Waals surface area contributed by atoms with Gasteiger partial charge in [0, 0.05) is 18.8 Å². The molecule has 0 saturated carbocycles. The fourth-order valence-corrected chi connectivity index (χ4v) is 2.33. The van der Waals surface area contributed by atoms with Gasteiger partial charge in [-0.3, -0.25) is 0 Å². The monoisotopic (exact) mass is 227 g/mol. The summed E-state index contributed by atoms with van der Waals surface area (Å²) >= 11 is 0. The van der Waals surface area contributed by atoms with Crippen molar-refractivity contribution in [2.45, 2.75) is 25.7 Å². The van der Waals surface area contributed by atoms with Crippen LogP contribution in [0, 0.1) is 0 Å². The van der Waals surface area contributed by atoms with E-state index in [9.17, 15) is 0 Å². The quantitative estimate of drug-likeness (QED) is 0.541. The molecule has 0 atom stereocenters. The van der Waals surface area contributed by atoms with Gasteiger partial charge in [0.05, 0.1) is 0 Å². The van der Waals surface area contributed by atoms with Crippen molar-refractivity contribution in [3.8, 4) is 0 Å². The average Bonchev–Trinajstić information content (AvgIpc) is 2.89. The van der Waals surface area contributed by atoms with Crippen molar-refractivity contribution < 1.29 is 0 Å². The minimum Gasteiger partial charge on any atom is -0.371 e. The summed E-state index contributed by atoms with van der Waals surface area (Å²) in [6.45, 7) is 6.19. The van der Waals surface area contributed by atoms with E-state index >= 15 is 0 Å². The predicted molar refractivity (Wildman–Crippen MR) is 74.7 cm³/mol. The van der Waals surface area contributed by atoms with Crippen LogP contribution < -0.4 is 0 Å². The minimum absolute atomic E-state index is 1.06. The molecule has 1 heterocycles. The Hall–Kier alpha value is -1.50. The maximum atomic E-state index is 3.78. The highest BCUT2D eigenvalue weighted by Crippen LogP contribution is 2.24. The second-order valence-electron chi connectivity index (χ2n) is 4.52. The molecule has 1 nitrogen and oxygen atoms in total. The lowest BCUT2D eigenvalue weighted by molar-refractivity contribution is 0.491. The van der Waals surface area contributed by atoms with Crippen LogP contribution in [0.3, 0.4) is 0 Å². The van der Waals surface area contributed by atoms with Crippen LogP contribution in [0.4, 0.5) is 0 Å². The SMILES string of the molecule is C=CCC/C=C(\c1ccccc1)N1CCCC1. The highest BCUT2D eigenvalue weighted by atomic mass is 15.1. The molecule has 0 unspecified atom stereocenters. The average molecular weight is 227 g/mol. The van der Waals surface area contributed by atoms with E-state index in [4.69, 9.17) is 0 Å². The number of allylic oxidation sites excluding steroid dienone is 2. The summed E-state index contributed by atoms with van der Waals surface area (Å²) in [4.78, 5) is 2.51. The van der Waals surface area contributed by atoms with E-state index in [1.165, 1.54) is 37.2 Å². The summed E-state index contributed by atoms with van der Waals surface area (Å²) in [5, 5.41) is 0. The summed E-state index contributed by atoms with van der Waals surface area (Å²) in [5.74, 6) is 0. The molecule has 90 valence electrons. The Balaban J connectivity index is 2.17.